The minimum atomic E-state index is -0.00637. The van der Waals surface area contributed by atoms with Crippen LogP contribution in [0.4, 0.5) is 11.6 Å². The van der Waals surface area contributed by atoms with Crippen molar-refractivity contribution in [2.75, 3.05) is 11.9 Å². The molecule has 0 radical (unpaired) electrons. The number of H-pyrrole nitrogens is 1. The highest BCUT2D eigenvalue weighted by Crippen LogP contribution is 2.35. The third-order valence-corrected chi connectivity index (χ3v) is 5.74. The molecule has 3 aromatic heterocycles. The Kier molecular flexibility index (Phi) is 4.96. The zero-order valence-corrected chi connectivity index (χ0v) is 17.7. The highest BCUT2D eigenvalue weighted by atomic mass is 16.5. The molecule has 1 fully saturated rings. The van der Waals surface area contributed by atoms with E-state index in [4.69, 9.17) is 9.72 Å². The fourth-order valence-corrected chi connectivity index (χ4v) is 4.14. The van der Waals surface area contributed by atoms with Crippen LogP contribution in [0.1, 0.15) is 25.5 Å². The molecule has 33 heavy (non-hydrogen) atoms. The van der Waals surface area contributed by atoms with Crippen molar-refractivity contribution in [1.29, 1.82) is 0 Å². The predicted molar refractivity (Wildman–Crippen MR) is 122 cm³/mol. The van der Waals surface area contributed by atoms with Gasteiger partial charge in [0.25, 0.3) is 0 Å². The van der Waals surface area contributed by atoms with Gasteiger partial charge in [-0.25, -0.2) is 15.0 Å². The Morgan fingerprint density at radius 1 is 1.00 bits per heavy atom. The first-order chi connectivity index (χ1) is 16.3. The SMILES string of the molecule is c1ccc(-c2cc(Nc3ncc(-c4nn[nH]n4)cn3)cc3c2ncn3C2CCCCO2)cc1. The van der Waals surface area contributed by atoms with Crippen LogP contribution in [0, 0.1) is 0 Å². The fraction of sp³-hybridized carbons (Fsp3) is 0.217. The third-order valence-electron chi connectivity index (χ3n) is 5.74. The van der Waals surface area contributed by atoms with Gasteiger partial charge in [-0.15, -0.1) is 10.2 Å². The molecular formula is C23H21N9O. The van der Waals surface area contributed by atoms with Crippen molar-refractivity contribution in [2.24, 2.45) is 0 Å². The molecule has 0 amide bonds. The molecule has 6 rings (SSSR count). The number of rotatable bonds is 5. The van der Waals surface area contributed by atoms with Gasteiger partial charge in [0.15, 0.2) is 0 Å². The van der Waals surface area contributed by atoms with E-state index in [0.29, 0.717) is 17.3 Å². The van der Waals surface area contributed by atoms with Crippen LogP contribution in [0.3, 0.4) is 0 Å². The van der Waals surface area contributed by atoms with Gasteiger partial charge in [-0.2, -0.15) is 5.21 Å². The van der Waals surface area contributed by atoms with Crippen LogP contribution in [-0.2, 0) is 4.74 Å². The van der Waals surface area contributed by atoms with Crippen molar-refractivity contribution in [3.05, 3.63) is 61.2 Å². The molecule has 5 aromatic rings. The van der Waals surface area contributed by atoms with E-state index in [9.17, 15) is 0 Å². The van der Waals surface area contributed by atoms with Gasteiger partial charge >= 0.3 is 0 Å². The van der Waals surface area contributed by atoms with E-state index in [2.05, 4.69) is 64.7 Å². The summed E-state index contributed by atoms with van der Waals surface area (Å²) in [6.07, 6.45) is 8.43. The van der Waals surface area contributed by atoms with Crippen LogP contribution in [0.25, 0.3) is 33.5 Å². The lowest BCUT2D eigenvalue weighted by Gasteiger charge is -2.24. The van der Waals surface area contributed by atoms with Crippen molar-refractivity contribution < 1.29 is 4.74 Å². The topological polar surface area (TPSA) is 119 Å². The maximum atomic E-state index is 6.04. The fourth-order valence-electron chi connectivity index (χ4n) is 4.14. The van der Waals surface area contributed by atoms with Gasteiger partial charge in [0.05, 0.1) is 22.9 Å². The molecule has 10 heteroatoms. The van der Waals surface area contributed by atoms with Crippen LogP contribution in [-0.4, -0.2) is 46.8 Å². The first-order valence-corrected chi connectivity index (χ1v) is 10.9. The summed E-state index contributed by atoms with van der Waals surface area (Å²) in [5.41, 5.74) is 5.62. The molecule has 1 aliphatic heterocycles. The molecule has 2 N–H and O–H groups in total. The molecule has 164 valence electrons. The Morgan fingerprint density at radius 3 is 2.64 bits per heavy atom. The van der Waals surface area contributed by atoms with Crippen LogP contribution >= 0.6 is 0 Å². The zero-order chi connectivity index (χ0) is 22.0. The number of benzene rings is 2. The Bertz CT molecular complexity index is 1360. The number of tetrazole rings is 1. The normalized spacial score (nSPS) is 16.2. The quantitative estimate of drug-likeness (QED) is 0.420. The van der Waals surface area contributed by atoms with Gasteiger partial charge < -0.3 is 14.6 Å². The zero-order valence-electron chi connectivity index (χ0n) is 17.7. The summed E-state index contributed by atoms with van der Waals surface area (Å²) in [7, 11) is 0. The maximum absolute atomic E-state index is 6.04. The standard InChI is InChI=1S/C23H21N9O/c1-2-6-15(7-3-1)18-10-17(27-23-24-12-16(13-25-23)22-28-30-31-29-22)11-19-21(18)26-14-32(19)20-8-4-5-9-33-20/h1-3,6-7,10-14,20H,4-5,8-9H2,(H,24,25,27)(H,28,29,30,31). The molecule has 1 aliphatic rings. The van der Waals surface area contributed by atoms with Gasteiger partial charge in [0.1, 0.15) is 6.23 Å². The summed E-state index contributed by atoms with van der Waals surface area (Å²) in [5, 5.41) is 17.3. The monoisotopic (exact) mass is 439 g/mol. The van der Waals surface area contributed by atoms with Gasteiger partial charge in [-0.3, -0.25) is 0 Å². The molecule has 0 aliphatic carbocycles. The van der Waals surface area contributed by atoms with Crippen LogP contribution in [0.2, 0.25) is 0 Å². The van der Waals surface area contributed by atoms with Gasteiger partial charge in [-0.1, -0.05) is 30.3 Å². The molecule has 4 heterocycles. The number of aromatic nitrogens is 8. The summed E-state index contributed by atoms with van der Waals surface area (Å²) in [4.78, 5) is 13.6. The number of anilines is 2. The Hall–Kier alpha value is -4.18. The number of imidazole rings is 1. The van der Waals surface area contributed by atoms with E-state index in [1.807, 2.05) is 24.5 Å². The van der Waals surface area contributed by atoms with Gasteiger partial charge in [-0.05, 0) is 42.2 Å². The predicted octanol–water partition coefficient (Wildman–Crippen LogP) is 4.12. The summed E-state index contributed by atoms with van der Waals surface area (Å²) in [6.45, 7) is 0.772. The van der Waals surface area contributed by atoms with E-state index in [1.54, 1.807) is 12.4 Å². The molecule has 1 saturated heterocycles. The van der Waals surface area contributed by atoms with Gasteiger partial charge in [0, 0.05) is 30.3 Å². The van der Waals surface area contributed by atoms with Crippen LogP contribution in [0.5, 0.6) is 0 Å². The molecule has 0 saturated carbocycles. The number of nitrogens with zero attached hydrogens (tertiary/aromatic N) is 7. The lowest BCUT2D eigenvalue weighted by molar-refractivity contribution is -0.0295. The largest absolute Gasteiger partial charge is 0.358 e. The van der Waals surface area contributed by atoms with E-state index in [-0.39, 0.29) is 6.23 Å². The number of fused-ring (bicyclic) bond motifs is 1. The van der Waals surface area contributed by atoms with Crippen molar-refractivity contribution in [3.8, 4) is 22.5 Å². The minimum Gasteiger partial charge on any atom is -0.358 e. The number of ether oxygens (including phenoxy) is 1. The molecule has 1 unspecified atom stereocenters. The third kappa shape index (κ3) is 3.80. The second-order valence-corrected chi connectivity index (χ2v) is 7.89. The second-order valence-electron chi connectivity index (χ2n) is 7.89. The Morgan fingerprint density at radius 2 is 1.88 bits per heavy atom. The number of hydrogen-bond donors (Lipinski definition) is 2. The average Bonchev–Trinajstić information content (AvgIpc) is 3.56. The van der Waals surface area contributed by atoms with E-state index >= 15 is 0 Å². The molecular weight excluding hydrogens is 418 g/mol. The van der Waals surface area contributed by atoms with E-state index < -0.39 is 0 Å². The maximum Gasteiger partial charge on any atom is 0.227 e. The Balaban J connectivity index is 1.40. The number of nitrogens with one attached hydrogen (secondary N) is 2. The summed E-state index contributed by atoms with van der Waals surface area (Å²) >= 11 is 0. The highest BCUT2D eigenvalue weighted by Gasteiger charge is 2.20. The van der Waals surface area contributed by atoms with E-state index in [0.717, 1.165) is 53.7 Å². The minimum absolute atomic E-state index is 0.00637. The van der Waals surface area contributed by atoms with Crippen molar-refractivity contribution in [1.82, 2.24) is 40.1 Å². The van der Waals surface area contributed by atoms with Crippen molar-refractivity contribution in [2.45, 2.75) is 25.5 Å². The molecule has 1 atom stereocenters. The molecule has 10 nitrogen and oxygen atoms in total. The van der Waals surface area contributed by atoms with Gasteiger partial charge in [0.2, 0.25) is 11.8 Å². The summed E-state index contributed by atoms with van der Waals surface area (Å²) < 4.78 is 8.17. The highest BCUT2D eigenvalue weighted by molar-refractivity contribution is 5.95. The van der Waals surface area contributed by atoms with E-state index in [1.165, 1.54) is 0 Å². The Labute approximate surface area is 189 Å². The second kappa shape index (κ2) is 8.40. The average molecular weight is 439 g/mol. The lowest BCUT2D eigenvalue weighted by atomic mass is 10.0. The van der Waals surface area contributed by atoms with Crippen LogP contribution in [0.15, 0.2) is 61.2 Å². The first kappa shape index (κ1) is 19.5. The number of hydrogen-bond acceptors (Lipinski definition) is 8. The molecule has 2 aromatic carbocycles. The number of aromatic amines is 1. The van der Waals surface area contributed by atoms with Crippen LogP contribution < -0.4 is 5.32 Å². The smallest absolute Gasteiger partial charge is 0.227 e. The van der Waals surface area contributed by atoms with Crippen molar-refractivity contribution in [3.63, 3.8) is 0 Å². The molecule has 0 bridgehead atoms. The first-order valence-electron chi connectivity index (χ1n) is 10.9. The molecule has 0 spiro atoms. The summed E-state index contributed by atoms with van der Waals surface area (Å²) in [6, 6.07) is 14.4. The summed E-state index contributed by atoms with van der Waals surface area (Å²) in [5.74, 6) is 0.923. The lowest BCUT2D eigenvalue weighted by Crippen LogP contribution is -2.17. The van der Waals surface area contributed by atoms with Crippen molar-refractivity contribution >= 4 is 22.7 Å².